The molecule has 0 saturated heterocycles. The van der Waals surface area contributed by atoms with Gasteiger partial charge in [0.25, 0.3) is 0 Å². The minimum Gasteiger partial charge on any atom is -0.338 e. The van der Waals surface area contributed by atoms with Crippen molar-refractivity contribution in [3.8, 4) is 0 Å². The molecular formula is C12H15Cl2FN4O. The van der Waals surface area contributed by atoms with Gasteiger partial charge in [-0.05, 0) is 19.2 Å². The molecule has 0 saturated carbocycles. The molecule has 2 N–H and O–H groups in total. The second-order valence-electron chi connectivity index (χ2n) is 4.18. The van der Waals surface area contributed by atoms with E-state index in [1.54, 1.807) is 12.1 Å². The van der Waals surface area contributed by atoms with E-state index in [-0.39, 0.29) is 24.8 Å². The smallest absolute Gasteiger partial charge is 0.240 e. The van der Waals surface area contributed by atoms with Crippen LogP contribution in [0.4, 0.5) is 4.39 Å². The van der Waals surface area contributed by atoms with Gasteiger partial charge in [-0.2, -0.15) is 4.98 Å². The average molecular weight is 321 g/mol. The van der Waals surface area contributed by atoms with E-state index < -0.39 is 0 Å². The molecule has 0 aliphatic heterocycles. The molecule has 0 fully saturated rings. The monoisotopic (exact) mass is 320 g/mol. The molecular weight excluding hydrogens is 306 g/mol. The van der Waals surface area contributed by atoms with E-state index in [0.29, 0.717) is 35.4 Å². The van der Waals surface area contributed by atoms with Crippen LogP contribution in [0.5, 0.6) is 0 Å². The van der Waals surface area contributed by atoms with E-state index >= 15 is 0 Å². The van der Waals surface area contributed by atoms with Gasteiger partial charge in [0.1, 0.15) is 5.82 Å². The third kappa shape index (κ3) is 4.14. The third-order valence-corrected chi connectivity index (χ3v) is 2.94. The highest BCUT2D eigenvalue weighted by Gasteiger charge is 2.12. The van der Waals surface area contributed by atoms with E-state index in [2.05, 4.69) is 10.1 Å². The van der Waals surface area contributed by atoms with Crippen molar-refractivity contribution in [2.75, 3.05) is 7.05 Å². The summed E-state index contributed by atoms with van der Waals surface area (Å²) in [5.74, 6) is 0.567. The standard InChI is InChI=1S/C12H14ClFN4O.ClH/c1-18(7-11-16-12(5-15)19-17-11)6-8-9(13)3-2-4-10(8)14;/h2-4H,5-7,15H2,1H3;1H. The van der Waals surface area contributed by atoms with E-state index in [0.717, 1.165) is 0 Å². The van der Waals surface area contributed by atoms with Crippen molar-refractivity contribution >= 4 is 24.0 Å². The third-order valence-electron chi connectivity index (χ3n) is 2.59. The molecule has 0 atom stereocenters. The Hall–Kier alpha value is -1.21. The van der Waals surface area contributed by atoms with Crippen LogP contribution >= 0.6 is 24.0 Å². The zero-order valence-corrected chi connectivity index (χ0v) is 12.4. The molecule has 1 heterocycles. The van der Waals surface area contributed by atoms with Gasteiger partial charge in [0.2, 0.25) is 5.89 Å². The topological polar surface area (TPSA) is 68.2 Å². The highest BCUT2D eigenvalue weighted by Crippen LogP contribution is 2.20. The Morgan fingerprint density at radius 2 is 2.15 bits per heavy atom. The van der Waals surface area contributed by atoms with Gasteiger partial charge < -0.3 is 10.3 Å². The predicted molar refractivity (Wildman–Crippen MR) is 76.0 cm³/mol. The maximum atomic E-state index is 13.6. The van der Waals surface area contributed by atoms with Crippen molar-refractivity contribution in [2.45, 2.75) is 19.6 Å². The fourth-order valence-corrected chi connectivity index (χ4v) is 1.91. The Kier molecular flexibility index (Phi) is 6.35. The van der Waals surface area contributed by atoms with Gasteiger partial charge in [-0.15, -0.1) is 12.4 Å². The van der Waals surface area contributed by atoms with Crippen LogP contribution < -0.4 is 5.73 Å². The molecule has 110 valence electrons. The molecule has 0 aliphatic carbocycles. The Labute approximate surface area is 127 Å². The molecule has 20 heavy (non-hydrogen) atoms. The molecule has 1 aromatic heterocycles. The van der Waals surface area contributed by atoms with Gasteiger partial charge in [0.05, 0.1) is 13.1 Å². The van der Waals surface area contributed by atoms with Crippen LogP contribution in [0.1, 0.15) is 17.3 Å². The lowest BCUT2D eigenvalue weighted by Crippen LogP contribution is -2.19. The quantitative estimate of drug-likeness (QED) is 0.916. The number of hydrogen-bond donors (Lipinski definition) is 1. The first-order valence-corrected chi connectivity index (χ1v) is 6.11. The molecule has 0 unspecified atom stereocenters. The number of nitrogens with two attached hydrogens (primary N) is 1. The van der Waals surface area contributed by atoms with Crippen LogP contribution in [0, 0.1) is 5.82 Å². The van der Waals surface area contributed by atoms with Crippen LogP contribution in [-0.4, -0.2) is 22.1 Å². The minimum absolute atomic E-state index is 0. The Bertz CT molecular complexity index is 544. The SMILES string of the molecule is CN(Cc1noc(CN)n1)Cc1c(F)cccc1Cl.Cl. The van der Waals surface area contributed by atoms with Crippen molar-refractivity contribution in [3.05, 3.63) is 46.3 Å². The first kappa shape index (κ1) is 16.8. The fourth-order valence-electron chi connectivity index (χ4n) is 1.69. The molecule has 0 spiro atoms. The average Bonchev–Trinajstić information content (AvgIpc) is 2.81. The highest BCUT2D eigenvalue weighted by atomic mass is 35.5. The summed E-state index contributed by atoms with van der Waals surface area (Å²) in [6.45, 7) is 0.988. The lowest BCUT2D eigenvalue weighted by molar-refractivity contribution is 0.295. The molecule has 2 aromatic rings. The molecule has 0 amide bonds. The van der Waals surface area contributed by atoms with E-state index in [1.165, 1.54) is 6.07 Å². The minimum atomic E-state index is -0.324. The molecule has 5 nitrogen and oxygen atoms in total. The largest absolute Gasteiger partial charge is 0.338 e. The molecule has 8 heteroatoms. The van der Waals surface area contributed by atoms with E-state index in [9.17, 15) is 4.39 Å². The first-order chi connectivity index (χ1) is 9.10. The van der Waals surface area contributed by atoms with Crippen molar-refractivity contribution in [3.63, 3.8) is 0 Å². The number of halogens is 3. The van der Waals surface area contributed by atoms with Gasteiger partial charge in [-0.3, -0.25) is 4.90 Å². The molecule has 0 radical (unpaired) electrons. The predicted octanol–water partition coefficient (Wildman–Crippen LogP) is 2.37. The Morgan fingerprint density at radius 3 is 2.75 bits per heavy atom. The van der Waals surface area contributed by atoms with Crippen LogP contribution in [0.25, 0.3) is 0 Å². The van der Waals surface area contributed by atoms with Gasteiger partial charge in [0, 0.05) is 17.1 Å². The van der Waals surface area contributed by atoms with Crippen molar-refractivity contribution in [1.29, 1.82) is 0 Å². The van der Waals surface area contributed by atoms with Crippen molar-refractivity contribution < 1.29 is 8.91 Å². The number of nitrogens with zero attached hydrogens (tertiary/aromatic N) is 3. The zero-order valence-electron chi connectivity index (χ0n) is 10.8. The second kappa shape index (κ2) is 7.54. The maximum absolute atomic E-state index is 13.6. The summed E-state index contributed by atoms with van der Waals surface area (Å²) in [5, 5.41) is 4.18. The first-order valence-electron chi connectivity index (χ1n) is 5.73. The van der Waals surface area contributed by atoms with Crippen molar-refractivity contribution in [1.82, 2.24) is 15.0 Å². The number of rotatable bonds is 5. The van der Waals surface area contributed by atoms with Gasteiger partial charge in [-0.25, -0.2) is 4.39 Å². The van der Waals surface area contributed by atoms with Crippen LogP contribution in [0.15, 0.2) is 22.7 Å². The van der Waals surface area contributed by atoms with Gasteiger partial charge in [-0.1, -0.05) is 22.8 Å². The second-order valence-corrected chi connectivity index (χ2v) is 4.59. The lowest BCUT2D eigenvalue weighted by Gasteiger charge is -2.15. The van der Waals surface area contributed by atoms with Crippen LogP contribution in [-0.2, 0) is 19.6 Å². The molecule has 1 aromatic carbocycles. The fraction of sp³-hybridized carbons (Fsp3) is 0.333. The summed E-state index contributed by atoms with van der Waals surface area (Å²) in [7, 11) is 1.82. The number of benzene rings is 1. The molecule has 0 aliphatic rings. The van der Waals surface area contributed by atoms with E-state index in [4.69, 9.17) is 21.9 Å². The molecule has 0 bridgehead atoms. The normalized spacial score (nSPS) is 10.7. The maximum Gasteiger partial charge on any atom is 0.240 e. The Balaban J connectivity index is 0.00000200. The van der Waals surface area contributed by atoms with Crippen LogP contribution in [0.3, 0.4) is 0 Å². The van der Waals surface area contributed by atoms with Crippen molar-refractivity contribution in [2.24, 2.45) is 5.73 Å². The van der Waals surface area contributed by atoms with E-state index in [1.807, 2.05) is 11.9 Å². The summed E-state index contributed by atoms with van der Waals surface area (Å²) < 4.78 is 18.5. The number of aromatic nitrogens is 2. The highest BCUT2D eigenvalue weighted by molar-refractivity contribution is 6.31. The van der Waals surface area contributed by atoms with Crippen LogP contribution in [0.2, 0.25) is 5.02 Å². The Morgan fingerprint density at radius 1 is 1.40 bits per heavy atom. The number of hydrogen-bond acceptors (Lipinski definition) is 5. The summed E-state index contributed by atoms with van der Waals surface area (Å²) in [6.07, 6.45) is 0. The summed E-state index contributed by atoms with van der Waals surface area (Å²) >= 11 is 5.97. The zero-order chi connectivity index (χ0) is 13.8. The summed E-state index contributed by atoms with van der Waals surface area (Å²) in [5.41, 5.74) is 5.83. The summed E-state index contributed by atoms with van der Waals surface area (Å²) in [4.78, 5) is 5.93. The lowest BCUT2D eigenvalue weighted by atomic mass is 10.2. The molecule has 2 rings (SSSR count). The van der Waals surface area contributed by atoms with Gasteiger partial charge >= 0.3 is 0 Å². The van der Waals surface area contributed by atoms with Gasteiger partial charge in [0.15, 0.2) is 5.82 Å². The summed E-state index contributed by atoms with van der Waals surface area (Å²) in [6, 6.07) is 4.62.